The van der Waals surface area contributed by atoms with Gasteiger partial charge in [0.2, 0.25) is 0 Å². The Bertz CT molecular complexity index is 905. The van der Waals surface area contributed by atoms with Crippen molar-refractivity contribution in [3.63, 3.8) is 0 Å². The zero-order valence-corrected chi connectivity index (χ0v) is 14.1. The van der Waals surface area contributed by atoms with E-state index in [4.69, 9.17) is 9.72 Å². The average Bonchev–Trinajstić information content (AvgIpc) is 3.15. The first-order valence-electron chi connectivity index (χ1n) is 8.52. The van der Waals surface area contributed by atoms with Crippen molar-refractivity contribution in [1.29, 1.82) is 0 Å². The van der Waals surface area contributed by atoms with Gasteiger partial charge in [0.1, 0.15) is 5.75 Å². The van der Waals surface area contributed by atoms with Crippen molar-refractivity contribution in [3.8, 4) is 5.75 Å². The Balaban J connectivity index is 1.69. The van der Waals surface area contributed by atoms with Crippen LogP contribution >= 0.6 is 0 Å². The van der Waals surface area contributed by atoms with Crippen molar-refractivity contribution in [2.24, 2.45) is 0 Å². The number of piperidine rings is 1. The Morgan fingerprint density at radius 1 is 1.20 bits per heavy atom. The Kier molecular flexibility index (Phi) is 4.09. The molecule has 0 saturated carbocycles. The maximum absolute atomic E-state index is 13.2. The Morgan fingerprint density at radius 2 is 2.08 bits per heavy atom. The molecule has 0 bridgehead atoms. The molecule has 25 heavy (non-hydrogen) atoms. The third-order valence-corrected chi connectivity index (χ3v) is 4.72. The van der Waals surface area contributed by atoms with Gasteiger partial charge in [-0.25, -0.2) is 9.50 Å². The van der Waals surface area contributed by atoms with Crippen LogP contribution in [0.1, 0.15) is 41.4 Å². The van der Waals surface area contributed by atoms with Crippen LogP contribution in [0.4, 0.5) is 0 Å². The number of carbonyl (C=O) groups excluding carboxylic acids is 1. The summed E-state index contributed by atoms with van der Waals surface area (Å²) >= 11 is 0. The van der Waals surface area contributed by atoms with E-state index in [0.717, 1.165) is 37.1 Å². The molecular formula is C19H20N4O2. The lowest BCUT2D eigenvalue weighted by Crippen LogP contribution is -2.39. The molecule has 1 aliphatic heterocycles. The van der Waals surface area contributed by atoms with Crippen LogP contribution < -0.4 is 4.74 Å². The first-order chi connectivity index (χ1) is 12.3. The molecule has 1 amide bonds. The maximum atomic E-state index is 13.2. The van der Waals surface area contributed by atoms with E-state index in [1.165, 1.54) is 0 Å². The molecule has 0 spiro atoms. The molecule has 1 fully saturated rings. The number of benzene rings is 1. The molecule has 1 aromatic carbocycles. The number of ether oxygens (including phenoxy) is 1. The largest absolute Gasteiger partial charge is 0.496 e. The van der Waals surface area contributed by atoms with E-state index >= 15 is 0 Å². The van der Waals surface area contributed by atoms with Gasteiger partial charge in [-0.15, -0.1) is 0 Å². The molecule has 0 N–H and O–H groups in total. The number of carbonyl (C=O) groups is 1. The summed E-state index contributed by atoms with van der Waals surface area (Å²) in [5.74, 6) is 0.605. The summed E-state index contributed by atoms with van der Waals surface area (Å²) in [6.07, 6.45) is 6.64. The number of aromatic nitrogens is 3. The van der Waals surface area contributed by atoms with Crippen LogP contribution in [0.25, 0.3) is 5.65 Å². The van der Waals surface area contributed by atoms with Gasteiger partial charge in [-0.05, 0) is 37.5 Å². The minimum Gasteiger partial charge on any atom is -0.496 e. The monoisotopic (exact) mass is 336 g/mol. The number of amides is 1. The molecule has 1 saturated heterocycles. The second-order valence-corrected chi connectivity index (χ2v) is 6.20. The number of rotatable bonds is 3. The fourth-order valence-corrected chi connectivity index (χ4v) is 3.47. The van der Waals surface area contributed by atoms with Crippen LogP contribution in [0.15, 0.2) is 48.8 Å². The van der Waals surface area contributed by atoms with Crippen LogP contribution in [0.2, 0.25) is 0 Å². The molecule has 1 unspecified atom stereocenters. The van der Waals surface area contributed by atoms with Crippen LogP contribution in [0.5, 0.6) is 5.75 Å². The lowest BCUT2D eigenvalue weighted by Gasteiger charge is -2.35. The number of likely N-dealkylation sites (tertiary alicyclic amines) is 1. The Labute approximate surface area is 146 Å². The van der Waals surface area contributed by atoms with Crippen LogP contribution in [-0.4, -0.2) is 39.1 Å². The fourth-order valence-electron chi connectivity index (χ4n) is 3.47. The van der Waals surface area contributed by atoms with Gasteiger partial charge in [0.25, 0.3) is 5.91 Å². The highest BCUT2D eigenvalue weighted by atomic mass is 16.5. The second-order valence-electron chi connectivity index (χ2n) is 6.20. The second kappa shape index (κ2) is 6.55. The predicted octanol–water partition coefficient (Wildman–Crippen LogP) is 3.11. The van der Waals surface area contributed by atoms with Crippen LogP contribution in [-0.2, 0) is 0 Å². The standard InChI is InChI=1S/C19H20N4O2/c1-25-17-8-3-2-6-14(17)19(24)22-12-5-4-7-16(22)15-10-13-23-18(21-15)9-11-20-23/h2-3,6,8-11,13,16H,4-5,7,12H2,1H3. The van der Waals surface area contributed by atoms with E-state index < -0.39 is 0 Å². The number of methoxy groups -OCH3 is 1. The van der Waals surface area contributed by atoms with Crippen LogP contribution in [0, 0.1) is 0 Å². The topological polar surface area (TPSA) is 59.7 Å². The van der Waals surface area contributed by atoms with E-state index in [1.807, 2.05) is 47.5 Å². The third-order valence-electron chi connectivity index (χ3n) is 4.72. The molecule has 1 atom stereocenters. The van der Waals surface area contributed by atoms with Gasteiger partial charge in [0, 0.05) is 18.8 Å². The molecule has 3 aromatic rings. The SMILES string of the molecule is COc1ccccc1C(=O)N1CCCCC1c1ccn2nccc2n1. The third kappa shape index (κ3) is 2.84. The summed E-state index contributed by atoms with van der Waals surface area (Å²) in [5.41, 5.74) is 2.31. The minimum absolute atomic E-state index is 0.00247. The normalized spacial score (nSPS) is 17.6. The van der Waals surface area contributed by atoms with Crippen molar-refractivity contribution in [2.45, 2.75) is 25.3 Å². The molecule has 3 heterocycles. The van der Waals surface area contributed by atoms with Crippen molar-refractivity contribution >= 4 is 11.6 Å². The smallest absolute Gasteiger partial charge is 0.258 e. The van der Waals surface area contributed by atoms with Crippen molar-refractivity contribution in [1.82, 2.24) is 19.5 Å². The highest BCUT2D eigenvalue weighted by Gasteiger charge is 2.31. The zero-order valence-electron chi connectivity index (χ0n) is 14.1. The molecular weight excluding hydrogens is 316 g/mol. The molecule has 6 nitrogen and oxygen atoms in total. The Morgan fingerprint density at radius 3 is 2.96 bits per heavy atom. The Hall–Kier alpha value is -2.89. The maximum Gasteiger partial charge on any atom is 0.258 e. The van der Waals surface area contributed by atoms with Gasteiger partial charge in [0.05, 0.1) is 30.6 Å². The number of para-hydroxylation sites is 1. The molecule has 6 heteroatoms. The number of hydrogen-bond donors (Lipinski definition) is 0. The minimum atomic E-state index is -0.0222. The van der Waals surface area contributed by atoms with E-state index in [-0.39, 0.29) is 11.9 Å². The van der Waals surface area contributed by atoms with E-state index in [0.29, 0.717) is 11.3 Å². The van der Waals surface area contributed by atoms with Gasteiger partial charge in [0.15, 0.2) is 5.65 Å². The van der Waals surface area contributed by atoms with E-state index in [2.05, 4.69) is 5.10 Å². The van der Waals surface area contributed by atoms with Crippen molar-refractivity contribution in [3.05, 3.63) is 60.0 Å². The van der Waals surface area contributed by atoms with Gasteiger partial charge >= 0.3 is 0 Å². The number of nitrogens with zero attached hydrogens (tertiary/aromatic N) is 4. The molecule has 128 valence electrons. The average molecular weight is 336 g/mol. The van der Waals surface area contributed by atoms with Gasteiger partial charge < -0.3 is 9.64 Å². The number of fused-ring (bicyclic) bond motifs is 1. The molecule has 0 radical (unpaired) electrons. The van der Waals surface area contributed by atoms with Crippen molar-refractivity contribution in [2.75, 3.05) is 13.7 Å². The van der Waals surface area contributed by atoms with E-state index in [9.17, 15) is 4.79 Å². The lowest BCUT2D eigenvalue weighted by molar-refractivity contribution is 0.0603. The van der Waals surface area contributed by atoms with Gasteiger partial charge in [-0.1, -0.05) is 12.1 Å². The first kappa shape index (κ1) is 15.6. The number of hydrogen-bond acceptors (Lipinski definition) is 4. The quantitative estimate of drug-likeness (QED) is 0.737. The summed E-state index contributed by atoms with van der Waals surface area (Å²) in [6.45, 7) is 0.730. The zero-order chi connectivity index (χ0) is 17.2. The molecule has 1 aliphatic rings. The fraction of sp³-hybridized carbons (Fsp3) is 0.316. The van der Waals surface area contributed by atoms with Crippen molar-refractivity contribution < 1.29 is 9.53 Å². The summed E-state index contributed by atoms with van der Waals surface area (Å²) in [7, 11) is 1.59. The molecule has 4 rings (SSSR count). The molecule has 0 aliphatic carbocycles. The van der Waals surface area contributed by atoms with E-state index in [1.54, 1.807) is 17.8 Å². The van der Waals surface area contributed by atoms with Gasteiger partial charge in [-0.3, -0.25) is 4.79 Å². The van der Waals surface area contributed by atoms with Gasteiger partial charge in [-0.2, -0.15) is 5.10 Å². The summed E-state index contributed by atoms with van der Waals surface area (Å²) in [6, 6.07) is 11.2. The summed E-state index contributed by atoms with van der Waals surface area (Å²) in [5, 5.41) is 4.19. The van der Waals surface area contributed by atoms with Crippen LogP contribution in [0.3, 0.4) is 0 Å². The lowest BCUT2D eigenvalue weighted by atomic mass is 9.97. The highest BCUT2D eigenvalue weighted by Crippen LogP contribution is 2.32. The first-order valence-corrected chi connectivity index (χ1v) is 8.52. The highest BCUT2D eigenvalue weighted by molar-refractivity contribution is 5.97. The molecule has 2 aromatic heterocycles. The summed E-state index contributed by atoms with van der Waals surface area (Å²) < 4.78 is 7.11. The predicted molar refractivity (Wildman–Crippen MR) is 93.6 cm³/mol. The summed E-state index contributed by atoms with van der Waals surface area (Å²) in [4.78, 5) is 19.8.